The lowest BCUT2D eigenvalue weighted by Crippen LogP contribution is -2.36. The Hall–Kier alpha value is -5.67. The van der Waals surface area contributed by atoms with Crippen LogP contribution in [-0.2, 0) is 0 Å². The van der Waals surface area contributed by atoms with Gasteiger partial charge in [-0.15, -0.1) is 0 Å². The molecule has 9 unspecified atom stereocenters. The smallest absolute Gasteiger partial charge is 0.254 e. The number of hydrogen-bond acceptors (Lipinski definition) is 18. The highest BCUT2D eigenvalue weighted by molar-refractivity contribution is 5.98. The Morgan fingerprint density at radius 2 is 0.884 bits per heavy atom. The second-order valence-electron chi connectivity index (χ2n) is 17.0. The van der Waals surface area contributed by atoms with E-state index in [2.05, 4.69) is 45.9 Å². The van der Waals surface area contributed by atoms with Crippen LogP contribution < -0.4 is 49.1 Å². The normalized spacial score (nSPS) is 37.5. The van der Waals surface area contributed by atoms with E-state index in [1.165, 1.54) is 0 Å². The fraction of sp³-hybridized carbons (Fsp3) is 0.688. The summed E-state index contributed by atoms with van der Waals surface area (Å²) in [6.45, 7) is -26.8. The highest BCUT2D eigenvalue weighted by Crippen LogP contribution is 2.30. The van der Waals surface area contributed by atoms with Crippen molar-refractivity contribution in [2.45, 2.75) is 193 Å². The van der Waals surface area contributed by atoms with Crippen LogP contribution in [0.25, 0.3) is 0 Å². The van der Waals surface area contributed by atoms with E-state index in [1.807, 2.05) is 22.9 Å². The Morgan fingerprint density at radius 1 is 0.536 bits per heavy atom. The van der Waals surface area contributed by atoms with Crippen LogP contribution >= 0.6 is 0 Å². The van der Waals surface area contributed by atoms with Gasteiger partial charge in [0, 0.05) is 90.3 Å². The fourth-order valence-corrected chi connectivity index (χ4v) is 6.90. The van der Waals surface area contributed by atoms with Crippen molar-refractivity contribution in [3.63, 3.8) is 0 Å². The quantitative estimate of drug-likeness (QED) is 0.110. The molecule has 6 rings (SSSR count). The Morgan fingerprint density at radius 3 is 1.23 bits per heavy atom. The van der Waals surface area contributed by atoms with Crippen molar-refractivity contribution in [1.82, 2.24) is 29.9 Å². The first-order chi connectivity index (χ1) is 44.5. The van der Waals surface area contributed by atoms with E-state index in [4.69, 9.17) is 59.7 Å². The summed E-state index contributed by atoms with van der Waals surface area (Å²) < 4.78 is 241. The van der Waals surface area contributed by atoms with Gasteiger partial charge in [-0.05, 0) is 137 Å². The highest BCUT2D eigenvalue weighted by Gasteiger charge is 2.30. The third kappa shape index (κ3) is 18.3. The summed E-state index contributed by atoms with van der Waals surface area (Å²) in [7, 11) is 0. The van der Waals surface area contributed by atoms with Gasteiger partial charge >= 0.3 is 0 Å². The van der Waals surface area contributed by atoms with E-state index < -0.39 is 168 Å². The number of nitrogens with zero attached hydrogens (tertiary/aromatic N) is 6. The maximum atomic E-state index is 11.9. The predicted octanol–water partition coefficient (Wildman–Crippen LogP) is 5.24. The molecular weight excluding hydrogens is 883 g/mol. The van der Waals surface area contributed by atoms with Crippen molar-refractivity contribution in [1.29, 1.82) is 0 Å². The van der Waals surface area contributed by atoms with Gasteiger partial charge in [0.25, 0.3) is 17.7 Å². The van der Waals surface area contributed by atoms with Crippen molar-refractivity contribution in [2.24, 2.45) is 35.0 Å². The maximum absolute atomic E-state index is 11.9. The zero-order chi connectivity index (χ0) is 77.8. The summed E-state index contributed by atoms with van der Waals surface area (Å²) in [5, 5.41) is 44.8. The molecule has 0 spiro atoms. The molecule has 3 aliphatic carbocycles. The number of anilines is 6. The standard InChI is InChI=1S/3C16H27N5O2/c3*1-9-5-6-10(7-12(9)22)19-14-11(13(17)23)8-18-15(20-14)21-16(2,3)4/h3*8-10,12,22H,5-7H2,1-4H3,(H2,17,23)(H2,18,19,20,21)/i2D3,3D3,4D3,10D,12D;2D3,3D3,4D3,12D;2D3,3D3,4D3,10D. The number of rotatable bonds is 12. The third-order valence-corrected chi connectivity index (χ3v) is 10.8. The molecule has 3 aromatic heterocycles. The summed E-state index contributed by atoms with van der Waals surface area (Å²) in [6.07, 6.45) is -0.222. The van der Waals surface area contributed by atoms with Gasteiger partial charge in [-0.25, -0.2) is 15.0 Å². The average Bonchev–Trinajstić information content (AvgIpc) is 0.733. The zero-order valence-electron chi connectivity index (χ0n) is 69.0. The van der Waals surface area contributed by atoms with Gasteiger partial charge < -0.3 is 64.4 Å². The molecule has 69 heavy (non-hydrogen) atoms. The van der Waals surface area contributed by atoms with Crippen LogP contribution in [0.4, 0.5) is 35.3 Å². The summed E-state index contributed by atoms with van der Waals surface area (Å²) in [4.78, 5) is 58.4. The third-order valence-electron chi connectivity index (χ3n) is 10.8. The largest absolute Gasteiger partial charge is 0.393 e. The number of carbonyl (C=O) groups excluding carboxylic acids is 3. The lowest BCUT2D eigenvalue weighted by molar-refractivity contribution is 0.0737. The van der Waals surface area contributed by atoms with Crippen LogP contribution in [0.1, 0.15) is 214 Å². The molecule has 0 bridgehead atoms. The van der Waals surface area contributed by atoms with Crippen LogP contribution in [-0.4, -0.2) is 116 Å². The van der Waals surface area contributed by atoms with Gasteiger partial charge in [0.15, 0.2) is 0 Å². The molecule has 3 aromatic rings. The summed E-state index contributed by atoms with van der Waals surface area (Å²) >= 11 is 0. The monoisotopic (exact) mass is 995 g/mol. The molecule has 3 heterocycles. The van der Waals surface area contributed by atoms with Crippen molar-refractivity contribution < 1.29 is 72.2 Å². The topological polar surface area (TPSA) is 339 Å². The van der Waals surface area contributed by atoms with Gasteiger partial charge in [-0.3, -0.25) is 14.4 Å². The van der Waals surface area contributed by atoms with Crippen molar-refractivity contribution in [3.8, 4) is 0 Å². The molecule has 3 saturated carbocycles. The highest BCUT2D eigenvalue weighted by atomic mass is 16.3. The van der Waals surface area contributed by atoms with Crippen LogP contribution in [0.2, 0.25) is 0 Å². The number of aliphatic hydroxyl groups is 3. The number of primary amides is 3. The van der Waals surface area contributed by atoms with Crippen LogP contribution in [0.3, 0.4) is 0 Å². The van der Waals surface area contributed by atoms with Crippen molar-refractivity contribution >= 4 is 53.0 Å². The first kappa shape index (κ1) is 26.0. The number of aromatic nitrogens is 6. The predicted molar refractivity (Wildman–Crippen MR) is 271 cm³/mol. The SMILES string of the molecule is [2H]C1(Nc2nc(NC(C([2H])([2H])[2H])(C([2H])([2H])[2H])C([2H])([2H])[2H])ncc2C(N)=O)CCC(C)C(O)C1.[2H]C1(Nc2nc(NC(C([2H])([2H])[2H])(C([2H])([2H])[2H])C([2H])([2H])[2H])ncc2C(N)=O)CCC(C)C([2H])(O)C1.[2H]C1(O)CC(Nc2nc(NC(C([2H])([2H])[2H])(C([2H])([2H])[2H])C([2H])([2H])[2H])ncc2C(N)=O)CCC1C. The molecule has 15 N–H and O–H groups in total. The van der Waals surface area contributed by atoms with Gasteiger partial charge in [0.2, 0.25) is 17.8 Å². The van der Waals surface area contributed by atoms with Crippen molar-refractivity contribution in [2.75, 3.05) is 31.9 Å². The fourth-order valence-electron chi connectivity index (χ4n) is 6.90. The Balaban J connectivity index is 0.000000318. The lowest BCUT2D eigenvalue weighted by Gasteiger charge is -2.32. The van der Waals surface area contributed by atoms with Crippen molar-refractivity contribution in [3.05, 3.63) is 35.3 Å². The van der Waals surface area contributed by atoms with Crippen LogP contribution in [0, 0.1) is 17.8 Å². The second-order valence-corrected chi connectivity index (χ2v) is 17.0. The molecular formula is C48H81N15O6. The molecule has 384 valence electrons. The number of nitrogens with one attached hydrogen (secondary N) is 6. The Bertz CT molecular complexity index is 3290. The first-order valence-corrected chi connectivity index (χ1v) is 21.3. The van der Waals surface area contributed by atoms with Gasteiger partial charge in [-0.2, -0.15) is 15.0 Å². The summed E-state index contributed by atoms with van der Waals surface area (Å²) in [5.41, 5.74) is 4.81. The van der Waals surface area contributed by atoms with E-state index in [-0.39, 0.29) is 72.3 Å². The minimum absolute atomic E-state index is 0.0249. The minimum Gasteiger partial charge on any atom is -0.393 e. The number of amides is 3. The number of hydrogen-bond donors (Lipinski definition) is 12. The first-order valence-electron chi connectivity index (χ1n) is 36.8. The zero-order valence-corrected chi connectivity index (χ0v) is 38.0. The van der Waals surface area contributed by atoms with E-state index in [9.17, 15) is 29.7 Å². The minimum atomic E-state index is -3.58. The number of carbonyl (C=O) groups is 3. The van der Waals surface area contributed by atoms with Crippen LogP contribution in [0.5, 0.6) is 0 Å². The molecule has 0 aromatic carbocycles. The summed E-state index contributed by atoms with van der Waals surface area (Å²) in [5.74, 6) is -6.89. The van der Waals surface area contributed by atoms with E-state index in [0.717, 1.165) is 18.6 Å². The maximum Gasteiger partial charge on any atom is 0.254 e. The van der Waals surface area contributed by atoms with Crippen LogP contribution in [0.15, 0.2) is 18.6 Å². The molecule has 3 aliphatic rings. The molecule has 21 nitrogen and oxygen atoms in total. The average molecular weight is 995 g/mol. The van der Waals surface area contributed by atoms with E-state index in [1.54, 1.807) is 13.8 Å². The second kappa shape index (κ2) is 23.8. The van der Waals surface area contributed by atoms with Gasteiger partial charge in [0.1, 0.15) is 17.5 Å². The number of nitrogens with two attached hydrogens (primary N) is 3. The van der Waals surface area contributed by atoms with Gasteiger partial charge in [0.05, 0.1) is 40.4 Å². The molecule has 0 aliphatic heterocycles. The Labute approximate surface area is 451 Å². The molecule has 0 radical (unpaired) electrons. The van der Waals surface area contributed by atoms with E-state index in [0.29, 0.717) is 19.3 Å². The molecule has 0 saturated heterocycles. The molecule has 3 fully saturated rings. The van der Waals surface area contributed by atoms with Gasteiger partial charge in [-0.1, -0.05) is 20.8 Å². The lowest BCUT2D eigenvalue weighted by atomic mass is 9.85. The molecule has 9 atom stereocenters. The number of aliphatic hydroxyl groups excluding tert-OH is 1. The molecule has 3 amide bonds. The summed E-state index contributed by atoms with van der Waals surface area (Å²) in [6, 6.07) is -3.70. The Kier molecular flexibility index (Phi) is 8.94. The molecule has 21 heteroatoms. The van der Waals surface area contributed by atoms with E-state index >= 15 is 0 Å².